The SMILES string of the molecule is C=CP(=O)(O)Oc1ccccc1. The average molecular weight is 184 g/mol. The molecule has 0 amide bonds. The van der Waals surface area contributed by atoms with Crippen LogP contribution < -0.4 is 4.52 Å². The fraction of sp³-hybridized carbons (Fsp3) is 0. The Labute approximate surface area is 70.8 Å². The van der Waals surface area contributed by atoms with Gasteiger partial charge in [0.15, 0.2) is 0 Å². The van der Waals surface area contributed by atoms with Crippen molar-refractivity contribution in [2.75, 3.05) is 0 Å². The molecular formula is C8H9O3P. The Morgan fingerprint density at radius 1 is 1.42 bits per heavy atom. The van der Waals surface area contributed by atoms with Crippen LogP contribution in [0.3, 0.4) is 0 Å². The molecule has 4 heteroatoms. The zero-order valence-corrected chi connectivity index (χ0v) is 7.28. The fourth-order valence-electron chi connectivity index (χ4n) is 0.670. The van der Waals surface area contributed by atoms with Crippen LogP contribution in [0.5, 0.6) is 5.75 Å². The van der Waals surface area contributed by atoms with Gasteiger partial charge in [0.25, 0.3) is 0 Å². The van der Waals surface area contributed by atoms with Crippen LogP contribution in [0.25, 0.3) is 0 Å². The largest absolute Gasteiger partial charge is 0.422 e. The number of hydrogen-bond donors (Lipinski definition) is 1. The molecule has 1 unspecified atom stereocenters. The van der Waals surface area contributed by atoms with Gasteiger partial charge in [0.05, 0.1) is 0 Å². The van der Waals surface area contributed by atoms with Gasteiger partial charge >= 0.3 is 7.60 Å². The summed E-state index contributed by atoms with van der Waals surface area (Å²) < 4.78 is 15.7. The molecule has 0 saturated carbocycles. The molecule has 64 valence electrons. The van der Waals surface area contributed by atoms with Crippen molar-refractivity contribution in [3.63, 3.8) is 0 Å². The van der Waals surface area contributed by atoms with Crippen molar-refractivity contribution in [3.8, 4) is 5.75 Å². The molecule has 0 aliphatic rings. The molecule has 0 radical (unpaired) electrons. The minimum absolute atomic E-state index is 0.364. The predicted molar refractivity (Wildman–Crippen MR) is 47.1 cm³/mol. The van der Waals surface area contributed by atoms with Gasteiger partial charge in [-0.3, -0.25) is 0 Å². The van der Waals surface area contributed by atoms with Gasteiger partial charge in [0, 0.05) is 5.82 Å². The monoisotopic (exact) mass is 184 g/mol. The normalized spacial score (nSPS) is 14.8. The summed E-state index contributed by atoms with van der Waals surface area (Å²) in [6, 6.07) is 8.44. The molecule has 0 fully saturated rings. The Hall–Kier alpha value is -1.05. The summed E-state index contributed by atoms with van der Waals surface area (Å²) in [7, 11) is -3.63. The molecule has 1 aromatic carbocycles. The van der Waals surface area contributed by atoms with Gasteiger partial charge in [0.2, 0.25) is 0 Å². The first-order valence-corrected chi connectivity index (χ1v) is 4.99. The molecule has 1 N–H and O–H groups in total. The number of rotatable bonds is 3. The van der Waals surface area contributed by atoms with E-state index in [1.807, 2.05) is 0 Å². The van der Waals surface area contributed by atoms with E-state index in [0.29, 0.717) is 5.75 Å². The van der Waals surface area contributed by atoms with Crippen LogP contribution in [0.1, 0.15) is 0 Å². The van der Waals surface area contributed by atoms with Crippen LogP contribution in [-0.2, 0) is 4.57 Å². The lowest BCUT2D eigenvalue weighted by molar-refractivity contribution is 0.392. The molecule has 1 aromatic rings. The van der Waals surface area contributed by atoms with E-state index in [1.165, 1.54) is 0 Å². The minimum Gasteiger partial charge on any atom is -0.422 e. The Bertz CT molecular complexity index is 307. The van der Waals surface area contributed by atoms with Gasteiger partial charge in [-0.1, -0.05) is 24.8 Å². The molecule has 0 aromatic heterocycles. The standard InChI is InChI=1S/C8H9O3P/c1-2-12(9,10)11-8-6-4-3-5-7-8/h2-7H,1H2,(H,9,10). The number of benzene rings is 1. The van der Waals surface area contributed by atoms with Crippen molar-refractivity contribution in [2.45, 2.75) is 0 Å². The number of hydrogen-bond acceptors (Lipinski definition) is 2. The quantitative estimate of drug-likeness (QED) is 0.733. The van der Waals surface area contributed by atoms with Crippen molar-refractivity contribution < 1.29 is 14.0 Å². The second kappa shape index (κ2) is 3.57. The average Bonchev–Trinajstić information content (AvgIpc) is 2.06. The third-order valence-electron chi connectivity index (χ3n) is 1.21. The van der Waals surface area contributed by atoms with E-state index in [0.717, 1.165) is 5.82 Å². The molecule has 1 atom stereocenters. The van der Waals surface area contributed by atoms with E-state index < -0.39 is 7.60 Å². The van der Waals surface area contributed by atoms with Gasteiger partial charge < -0.3 is 9.42 Å². The summed E-state index contributed by atoms with van der Waals surface area (Å²) in [5.41, 5.74) is 0. The third-order valence-corrected chi connectivity index (χ3v) is 2.14. The lowest BCUT2D eigenvalue weighted by atomic mass is 10.3. The second-order valence-corrected chi connectivity index (χ2v) is 3.83. The van der Waals surface area contributed by atoms with Gasteiger partial charge in [0.1, 0.15) is 5.75 Å². The summed E-state index contributed by atoms with van der Waals surface area (Å²) in [5.74, 6) is 1.27. The Balaban J connectivity index is 2.77. The van der Waals surface area contributed by atoms with Gasteiger partial charge in [-0.25, -0.2) is 4.57 Å². The third kappa shape index (κ3) is 2.53. The van der Waals surface area contributed by atoms with Gasteiger partial charge in [-0.05, 0) is 12.1 Å². The molecule has 0 aliphatic heterocycles. The highest BCUT2D eigenvalue weighted by molar-refractivity contribution is 7.56. The summed E-state index contributed by atoms with van der Waals surface area (Å²) in [6.45, 7) is 3.19. The molecule has 0 saturated heterocycles. The zero-order chi connectivity index (χ0) is 9.03. The second-order valence-electron chi connectivity index (χ2n) is 2.15. The lowest BCUT2D eigenvalue weighted by Crippen LogP contribution is -1.87. The molecule has 0 aliphatic carbocycles. The van der Waals surface area contributed by atoms with Crippen LogP contribution in [-0.4, -0.2) is 4.89 Å². The van der Waals surface area contributed by atoms with Crippen LogP contribution in [0.2, 0.25) is 0 Å². The molecular weight excluding hydrogens is 175 g/mol. The maximum Gasteiger partial charge on any atom is 0.400 e. The topological polar surface area (TPSA) is 46.5 Å². The van der Waals surface area contributed by atoms with Gasteiger partial charge in [-0.15, -0.1) is 0 Å². The Morgan fingerprint density at radius 2 is 2.00 bits per heavy atom. The first-order valence-electron chi connectivity index (χ1n) is 3.35. The van der Waals surface area contributed by atoms with Crippen molar-refractivity contribution in [2.24, 2.45) is 0 Å². The zero-order valence-electron chi connectivity index (χ0n) is 6.38. The lowest BCUT2D eigenvalue weighted by Gasteiger charge is -2.07. The van der Waals surface area contributed by atoms with E-state index in [9.17, 15) is 4.57 Å². The molecule has 0 spiro atoms. The first-order chi connectivity index (χ1) is 5.64. The Morgan fingerprint density at radius 3 is 2.50 bits per heavy atom. The molecule has 12 heavy (non-hydrogen) atoms. The van der Waals surface area contributed by atoms with E-state index in [1.54, 1.807) is 30.3 Å². The first kappa shape index (κ1) is 9.04. The Kier molecular flexibility index (Phi) is 2.69. The maximum absolute atomic E-state index is 11.0. The summed E-state index contributed by atoms with van der Waals surface area (Å²) in [5, 5.41) is 0. The van der Waals surface area contributed by atoms with Crippen LogP contribution in [0, 0.1) is 0 Å². The van der Waals surface area contributed by atoms with Crippen LogP contribution >= 0.6 is 7.60 Å². The van der Waals surface area contributed by atoms with Crippen LogP contribution in [0.15, 0.2) is 42.7 Å². The highest BCUT2D eigenvalue weighted by Gasteiger charge is 2.13. The molecule has 0 bridgehead atoms. The molecule has 3 nitrogen and oxygen atoms in total. The van der Waals surface area contributed by atoms with Crippen molar-refractivity contribution in [3.05, 3.63) is 42.7 Å². The molecule has 0 heterocycles. The van der Waals surface area contributed by atoms with Crippen molar-refractivity contribution in [1.82, 2.24) is 0 Å². The van der Waals surface area contributed by atoms with E-state index in [-0.39, 0.29) is 0 Å². The van der Waals surface area contributed by atoms with E-state index in [2.05, 4.69) is 6.58 Å². The van der Waals surface area contributed by atoms with Crippen LogP contribution in [0.4, 0.5) is 0 Å². The van der Waals surface area contributed by atoms with E-state index in [4.69, 9.17) is 9.42 Å². The van der Waals surface area contributed by atoms with Crippen molar-refractivity contribution >= 4 is 7.60 Å². The maximum atomic E-state index is 11.0. The smallest absolute Gasteiger partial charge is 0.400 e. The van der Waals surface area contributed by atoms with Gasteiger partial charge in [-0.2, -0.15) is 0 Å². The predicted octanol–water partition coefficient (Wildman–Crippen LogP) is 2.39. The van der Waals surface area contributed by atoms with E-state index >= 15 is 0 Å². The summed E-state index contributed by atoms with van der Waals surface area (Å²) in [4.78, 5) is 8.99. The number of para-hydroxylation sites is 1. The summed E-state index contributed by atoms with van der Waals surface area (Å²) >= 11 is 0. The van der Waals surface area contributed by atoms with Crippen molar-refractivity contribution in [1.29, 1.82) is 0 Å². The highest BCUT2D eigenvalue weighted by Crippen LogP contribution is 2.43. The fourth-order valence-corrected chi connectivity index (χ4v) is 1.17. The molecule has 1 rings (SSSR count). The minimum atomic E-state index is -3.63. The highest BCUT2D eigenvalue weighted by atomic mass is 31.2. The summed E-state index contributed by atoms with van der Waals surface area (Å²) in [6.07, 6.45) is 0.